The fourth-order valence-corrected chi connectivity index (χ4v) is 4.98. The minimum absolute atomic E-state index is 0.171. The Morgan fingerprint density at radius 3 is 2.50 bits per heavy atom. The van der Waals surface area contributed by atoms with Crippen LogP contribution in [0, 0.1) is 12.8 Å². The van der Waals surface area contributed by atoms with E-state index in [0.717, 1.165) is 9.35 Å². The van der Waals surface area contributed by atoms with E-state index in [1.165, 1.54) is 11.3 Å². The fourth-order valence-electron chi connectivity index (χ4n) is 1.36. The monoisotopic (exact) mass is 355 g/mol. The maximum Gasteiger partial charge on any atom is 0.250 e. The first kappa shape index (κ1) is 16.1. The quantitative estimate of drug-likeness (QED) is 0.853. The molecule has 0 aliphatic rings. The van der Waals surface area contributed by atoms with Gasteiger partial charge >= 0.3 is 0 Å². The molecule has 1 rings (SSSR count). The Kier molecular flexibility index (Phi) is 5.79. The normalized spacial score (nSPS) is 14.1. The molecule has 0 amide bonds. The van der Waals surface area contributed by atoms with Gasteiger partial charge in [-0.15, -0.1) is 11.3 Å². The average Bonchev–Trinajstić information content (AvgIpc) is 2.59. The maximum absolute atomic E-state index is 12.2. The van der Waals surface area contributed by atoms with Crippen molar-refractivity contribution >= 4 is 37.3 Å². The molecule has 0 saturated carbocycles. The van der Waals surface area contributed by atoms with E-state index in [2.05, 4.69) is 20.7 Å². The summed E-state index contributed by atoms with van der Waals surface area (Å²) in [6.07, 6.45) is 0. The number of rotatable bonds is 6. The molecule has 4 nitrogen and oxygen atoms in total. The number of halogens is 1. The molecule has 1 aromatic rings. The van der Waals surface area contributed by atoms with Crippen molar-refractivity contribution in [2.75, 3.05) is 13.7 Å². The molecular formula is C11H18BrNO3S2. The predicted octanol–water partition coefficient (Wildman–Crippen LogP) is 2.77. The van der Waals surface area contributed by atoms with Crippen LogP contribution < -0.4 is 4.72 Å². The second-order valence-corrected chi connectivity index (χ2v) is 8.76. The molecule has 0 fully saturated rings. The van der Waals surface area contributed by atoms with Gasteiger partial charge in [-0.2, -0.15) is 0 Å². The van der Waals surface area contributed by atoms with Crippen LogP contribution in [-0.2, 0) is 14.8 Å². The molecule has 0 radical (unpaired) electrons. The highest BCUT2D eigenvalue weighted by molar-refractivity contribution is 9.11. The SMILES string of the molecule is COCC(NS(=O)(=O)c1cc(C)c(Br)s1)C(C)C. The first-order valence-electron chi connectivity index (χ1n) is 5.55. The Bertz CT molecular complexity index is 477. The van der Waals surface area contributed by atoms with Gasteiger partial charge in [-0.1, -0.05) is 13.8 Å². The summed E-state index contributed by atoms with van der Waals surface area (Å²) < 4.78 is 33.3. The van der Waals surface area contributed by atoms with Crippen LogP contribution in [0.1, 0.15) is 19.4 Å². The fraction of sp³-hybridized carbons (Fsp3) is 0.636. The van der Waals surface area contributed by atoms with Crippen LogP contribution >= 0.6 is 27.3 Å². The Hall–Kier alpha value is 0.0500. The smallest absolute Gasteiger partial charge is 0.250 e. The second-order valence-electron chi connectivity index (χ2n) is 4.45. The van der Waals surface area contributed by atoms with Gasteiger partial charge in [-0.3, -0.25) is 0 Å². The number of aryl methyl sites for hydroxylation is 1. The Labute approximate surface area is 121 Å². The third-order valence-electron chi connectivity index (χ3n) is 2.56. The number of thiophene rings is 1. The van der Waals surface area contributed by atoms with Gasteiger partial charge in [0.05, 0.1) is 10.4 Å². The number of nitrogens with one attached hydrogen (secondary N) is 1. The number of hydrogen-bond donors (Lipinski definition) is 1. The van der Waals surface area contributed by atoms with Crippen LogP contribution in [0.3, 0.4) is 0 Å². The van der Waals surface area contributed by atoms with E-state index in [4.69, 9.17) is 4.74 Å². The van der Waals surface area contributed by atoms with Crippen LogP contribution in [-0.4, -0.2) is 28.2 Å². The molecule has 0 spiro atoms. The van der Waals surface area contributed by atoms with Crippen molar-refractivity contribution in [3.05, 3.63) is 15.4 Å². The van der Waals surface area contributed by atoms with Crippen molar-refractivity contribution in [3.63, 3.8) is 0 Å². The highest BCUT2D eigenvalue weighted by Crippen LogP contribution is 2.30. The summed E-state index contributed by atoms with van der Waals surface area (Å²) in [4.78, 5) is 0. The lowest BCUT2D eigenvalue weighted by Gasteiger charge is -2.20. The zero-order valence-electron chi connectivity index (χ0n) is 10.9. The van der Waals surface area contributed by atoms with Crippen molar-refractivity contribution in [1.82, 2.24) is 4.72 Å². The Morgan fingerprint density at radius 1 is 1.50 bits per heavy atom. The van der Waals surface area contributed by atoms with Gasteiger partial charge in [0.15, 0.2) is 0 Å². The van der Waals surface area contributed by atoms with Gasteiger partial charge in [-0.05, 0) is 40.4 Å². The molecule has 7 heteroatoms. The molecule has 1 heterocycles. The Morgan fingerprint density at radius 2 is 2.11 bits per heavy atom. The lowest BCUT2D eigenvalue weighted by atomic mass is 10.1. The average molecular weight is 356 g/mol. The molecule has 1 unspecified atom stereocenters. The number of hydrogen-bond acceptors (Lipinski definition) is 4. The van der Waals surface area contributed by atoms with Crippen LogP contribution in [0.4, 0.5) is 0 Å². The molecule has 104 valence electrons. The van der Waals surface area contributed by atoms with Crippen LogP contribution in [0.15, 0.2) is 14.1 Å². The minimum atomic E-state index is -3.47. The van der Waals surface area contributed by atoms with E-state index in [1.807, 2.05) is 20.8 Å². The summed E-state index contributed by atoms with van der Waals surface area (Å²) in [6.45, 7) is 6.15. The zero-order valence-corrected chi connectivity index (χ0v) is 14.1. The largest absolute Gasteiger partial charge is 0.383 e. The molecule has 0 saturated heterocycles. The Balaban J connectivity index is 2.93. The predicted molar refractivity (Wildman–Crippen MR) is 77.6 cm³/mol. The highest BCUT2D eigenvalue weighted by atomic mass is 79.9. The lowest BCUT2D eigenvalue weighted by Crippen LogP contribution is -2.41. The number of sulfonamides is 1. The van der Waals surface area contributed by atoms with Crippen molar-refractivity contribution in [1.29, 1.82) is 0 Å². The molecule has 1 N–H and O–H groups in total. The summed E-state index contributed by atoms with van der Waals surface area (Å²) in [6, 6.07) is 1.45. The van der Waals surface area contributed by atoms with E-state index in [9.17, 15) is 8.42 Å². The maximum atomic E-state index is 12.2. The van der Waals surface area contributed by atoms with Gasteiger partial charge in [0, 0.05) is 13.2 Å². The molecule has 0 aromatic carbocycles. The van der Waals surface area contributed by atoms with E-state index in [-0.39, 0.29) is 12.0 Å². The van der Waals surface area contributed by atoms with Gasteiger partial charge in [0.2, 0.25) is 10.0 Å². The molecule has 1 atom stereocenters. The first-order valence-corrected chi connectivity index (χ1v) is 8.64. The molecular weight excluding hydrogens is 338 g/mol. The summed E-state index contributed by atoms with van der Waals surface area (Å²) in [5.74, 6) is 0.171. The van der Waals surface area contributed by atoms with E-state index < -0.39 is 10.0 Å². The van der Waals surface area contributed by atoms with Crippen molar-refractivity contribution < 1.29 is 13.2 Å². The number of methoxy groups -OCH3 is 1. The molecule has 1 aromatic heterocycles. The van der Waals surface area contributed by atoms with Gasteiger partial charge < -0.3 is 4.74 Å². The van der Waals surface area contributed by atoms with Crippen molar-refractivity contribution in [2.24, 2.45) is 5.92 Å². The van der Waals surface area contributed by atoms with E-state index in [1.54, 1.807) is 13.2 Å². The number of ether oxygens (including phenoxy) is 1. The van der Waals surface area contributed by atoms with E-state index in [0.29, 0.717) is 10.8 Å². The second kappa shape index (κ2) is 6.47. The first-order chi connectivity index (χ1) is 8.27. The summed E-state index contributed by atoms with van der Waals surface area (Å²) in [7, 11) is -1.90. The van der Waals surface area contributed by atoms with Gasteiger partial charge in [0.25, 0.3) is 0 Å². The van der Waals surface area contributed by atoms with Gasteiger partial charge in [0.1, 0.15) is 4.21 Å². The van der Waals surface area contributed by atoms with Crippen molar-refractivity contribution in [2.45, 2.75) is 31.0 Å². The zero-order chi connectivity index (χ0) is 13.9. The minimum Gasteiger partial charge on any atom is -0.383 e. The van der Waals surface area contributed by atoms with Crippen LogP contribution in [0.25, 0.3) is 0 Å². The van der Waals surface area contributed by atoms with Gasteiger partial charge in [-0.25, -0.2) is 13.1 Å². The van der Waals surface area contributed by atoms with Crippen LogP contribution in [0.5, 0.6) is 0 Å². The lowest BCUT2D eigenvalue weighted by molar-refractivity contribution is 0.157. The van der Waals surface area contributed by atoms with Crippen LogP contribution in [0.2, 0.25) is 0 Å². The highest BCUT2D eigenvalue weighted by Gasteiger charge is 2.24. The molecule has 18 heavy (non-hydrogen) atoms. The van der Waals surface area contributed by atoms with Crippen molar-refractivity contribution in [3.8, 4) is 0 Å². The summed E-state index contributed by atoms with van der Waals surface area (Å²) in [5, 5.41) is 0. The molecule has 0 aliphatic heterocycles. The standard InChI is InChI=1S/C11H18BrNO3S2/c1-7(2)9(6-16-4)13-18(14,15)10-5-8(3)11(12)17-10/h5,7,9,13H,6H2,1-4H3. The third kappa shape index (κ3) is 4.03. The summed E-state index contributed by atoms with van der Waals surface area (Å²) >= 11 is 4.55. The third-order valence-corrected chi connectivity index (χ3v) is 6.66. The molecule has 0 bridgehead atoms. The molecule has 0 aliphatic carbocycles. The van der Waals surface area contributed by atoms with E-state index >= 15 is 0 Å². The summed E-state index contributed by atoms with van der Waals surface area (Å²) in [5.41, 5.74) is 0.924. The topological polar surface area (TPSA) is 55.4 Å².